The zero-order valence-corrected chi connectivity index (χ0v) is 11.0. The van der Waals surface area contributed by atoms with Gasteiger partial charge in [0.15, 0.2) is 0 Å². The number of sulfonamides is 1. The van der Waals surface area contributed by atoms with Crippen molar-refractivity contribution in [3.05, 3.63) is 0 Å². The summed E-state index contributed by atoms with van der Waals surface area (Å²) >= 11 is 0. The van der Waals surface area contributed by atoms with Crippen LogP contribution in [-0.4, -0.2) is 56.0 Å². The van der Waals surface area contributed by atoms with E-state index in [1.807, 2.05) is 0 Å². The number of unbranched alkanes of at least 4 members (excludes halogenated alkanes) is 1. The first-order valence-corrected chi connectivity index (χ1v) is 8.11. The summed E-state index contributed by atoms with van der Waals surface area (Å²) in [5, 5.41) is 8.63. The molecule has 2 aliphatic rings. The molecular weight excluding hydrogens is 240 g/mol. The molecule has 0 spiro atoms. The monoisotopic (exact) mass is 262 g/mol. The number of hydrogen-bond acceptors (Lipinski definition) is 4. The molecule has 2 rings (SSSR count). The second kappa shape index (κ2) is 5.65. The predicted octanol–water partition coefficient (Wildman–Crippen LogP) is -0.0850. The van der Waals surface area contributed by atoms with Crippen molar-refractivity contribution in [2.75, 3.05) is 25.4 Å². The Kier molecular flexibility index (Phi) is 4.41. The lowest BCUT2D eigenvalue weighted by atomic mass is 10.3. The van der Waals surface area contributed by atoms with Crippen molar-refractivity contribution < 1.29 is 13.5 Å². The highest BCUT2D eigenvalue weighted by molar-refractivity contribution is 7.89. The van der Waals surface area contributed by atoms with Crippen LogP contribution in [0.25, 0.3) is 0 Å². The molecule has 0 aromatic rings. The van der Waals surface area contributed by atoms with Crippen LogP contribution in [-0.2, 0) is 10.0 Å². The topological polar surface area (TPSA) is 69.6 Å². The number of hydrogen-bond donors (Lipinski definition) is 2. The summed E-state index contributed by atoms with van der Waals surface area (Å²) in [6.07, 6.45) is 4.56. The predicted molar refractivity (Wildman–Crippen MR) is 66.2 cm³/mol. The molecule has 1 heterocycles. The van der Waals surface area contributed by atoms with Gasteiger partial charge in [-0.25, -0.2) is 13.1 Å². The summed E-state index contributed by atoms with van der Waals surface area (Å²) in [4.78, 5) is 2.39. The molecule has 6 heteroatoms. The first-order valence-electron chi connectivity index (χ1n) is 6.45. The van der Waals surface area contributed by atoms with Crippen molar-refractivity contribution in [1.82, 2.24) is 9.62 Å². The maximum absolute atomic E-state index is 11.7. The highest BCUT2D eigenvalue weighted by atomic mass is 32.2. The van der Waals surface area contributed by atoms with E-state index in [2.05, 4.69) is 9.62 Å². The largest absolute Gasteiger partial charge is 0.396 e. The molecule has 1 aliphatic heterocycles. The zero-order valence-electron chi connectivity index (χ0n) is 10.1. The van der Waals surface area contributed by atoms with E-state index in [-0.39, 0.29) is 18.4 Å². The van der Waals surface area contributed by atoms with Crippen molar-refractivity contribution in [2.45, 2.75) is 44.2 Å². The molecule has 17 heavy (non-hydrogen) atoms. The molecule has 1 saturated heterocycles. The lowest BCUT2D eigenvalue weighted by Gasteiger charge is -2.15. The van der Waals surface area contributed by atoms with Gasteiger partial charge in [0.05, 0.1) is 5.75 Å². The van der Waals surface area contributed by atoms with Gasteiger partial charge in [-0.3, -0.25) is 4.90 Å². The van der Waals surface area contributed by atoms with E-state index in [1.54, 1.807) is 0 Å². The average Bonchev–Trinajstić information content (AvgIpc) is 3.01. The summed E-state index contributed by atoms with van der Waals surface area (Å²) in [7, 11) is -3.15. The van der Waals surface area contributed by atoms with Crippen LogP contribution in [0.2, 0.25) is 0 Å². The van der Waals surface area contributed by atoms with Gasteiger partial charge in [-0.15, -0.1) is 0 Å². The normalized spacial score (nSPS) is 26.5. The lowest BCUT2D eigenvalue weighted by molar-refractivity contribution is 0.287. The summed E-state index contributed by atoms with van der Waals surface area (Å²) in [6.45, 7) is 1.95. The number of rotatable bonds is 7. The van der Waals surface area contributed by atoms with Crippen LogP contribution in [0, 0.1) is 0 Å². The molecule has 0 bridgehead atoms. The first kappa shape index (κ1) is 13.3. The Labute approximate surface area is 103 Å². The molecule has 0 amide bonds. The molecule has 0 aromatic heterocycles. The second-order valence-electron chi connectivity index (χ2n) is 5.08. The molecule has 0 radical (unpaired) electrons. The lowest BCUT2D eigenvalue weighted by Crippen LogP contribution is -2.38. The van der Waals surface area contributed by atoms with Crippen LogP contribution in [0.15, 0.2) is 0 Å². The standard InChI is InChI=1S/C11H22N2O3S/c14-7-1-2-8-17(15,16)12-10-5-6-13(9-10)11-3-4-11/h10-12,14H,1-9H2. The molecule has 1 aliphatic carbocycles. The molecule has 1 saturated carbocycles. The van der Waals surface area contributed by atoms with Gasteiger partial charge in [0, 0.05) is 31.8 Å². The van der Waals surface area contributed by atoms with Gasteiger partial charge in [-0.2, -0.15) is 0 Å². The van der Waals surface area contributed by atoms with Gasteiger partial charge in [0.1, 0.15) is 0 Å². The molecule has 5 nitrogen and oxygen atoms in total. The van der Waals surface area contributed by atoms with Gasteiger partial charge >= 0.3 is 0 Å². The number of aliphatic hydroxyl groups is 1. The Morgan fingerprint density at radius 2 is 2.00 bits per heavy atom. The third-order valence-corrected chi connectivity index (χ3v) is 4.97. The summed E-state index contributed by atoms with van der Waals surface area (Å²) in [6, 6.07) is 0.814. The van der Waals surface area contributed by atoms with Crippen molar-refractivity contribution in [3.8, 4) is 0 Å². The van der Waals surface area contributed by atoms with Crippen molar-refractivity contribution in [2.24, 2.45) is 0 Å². The van der Waals surface area contributed by atoms with E-state index in [0.29, 0.717) is 12.8 Å². The summed E-state index contributed by atoms with van der Waals surface area (Å²) in [5.41, 5.74) is 0. The molecule has 0 aromatic carbocycles. The molecule has 1 unspecified atom stereocenters. The Balaban J connectivity index is 1.72. The van der Waals surface area contributed by atoms with E-state index in [9.17, 15) is 8.42 Å². The number of likely N-dealkylation sites (tertiary alicyclic amines) is 1. The van der Waals surface area contributed by atoms with Gasteiger partial charge in [0.2, 0.25) is 10.0 Å². The third-order valence-electron chi connectivity index (χ3n) is 3.45. The van der Waals surface area contributed by atoms with Crippen LogP contribution in [0.3, 0.4) is 0 Å². The Morgan fingerprint density at radius 1 is 1.24 bits per heavy atom. The second-order valence-corrected chi connectivity index (χ2v) is 6.95. The van der Waals surface area contributed by atoms with Crippen LogP contribution >= 0.6 is 0 Å². The molecule has 2 N–H and O–H groups in total. The van der Waals surface area contributed by atoms with Crippen LogP contribution < -0.4 is 4.72 Å². The van der Waals surface area contributed by atoms with Crippen molar-refractivity contribution in [1.29, 1.82) is 0 Å². The number of nitrogens with one attached hydrogen (secondary N) is 1. The van der Waals surface area contributed by atoms with E-state index in [1.165, 1.54) is 12.8 Å². The fourth-order valence-corrected chi connectivity index (χ4v) is 3.77. The number of nitrogens with zero attached hydrogens (tertiary/aromatic N) is 1. The van der Waals surface area contributed by atoms with Gasteiger partial charge in [-0.05, 0) is 32.1 Å². The Morgan fingerprint density at radius 3 is 2.65 bits per heavy atom. The summed E-state index contributed by atoms with van der Waals surface area (Å²) < 4.78 is 26.3. The van der Waals surface area contributed by atoms with Gasteiger partial charge in [0.25, 0.3) is 0 Å². The van der Waals surface area contributed by atoms with E-state index in [4.69, 9.17) is 5.11 Å². The smallest absolute Gasteiger partial charge is 0.211 e. The summed E-state index contributed by atoms with van der Waals surface area (Å²) in [5.74, 6) is 0.132. The molecule has 100 valence electrons. The average molecular weight is 262 g/mol. The highest BCUT2D eigenvalue weighted by Crippen LogP contribution is 2.29. The fourth-order valence-electron chi connectivity index (χ4n) is 2.37. The zero-order chi connectivity index (χ0) is 12.3. The Bertz CT molecular complexity index is 341. The minimum absolute atomic E-state index is 0.0639. The number of aliphatic hydroxyl groups excluding tert-OH is 1. The molecular formula is C11H22N2O3S. The maximum Gasteiger partial charge on any atom is 0.211 e. The fraction of sp³-hybridized carbons (Fsp3) is 1.00. The van der Waals surface area contributed by atoms with E-state index in [0.717, 1.165) is 25.6 Å². The van der Waals surface area contributed by atoms with Gasteiger partial charge < -0.3 is 5.11 Å². The van der Waals surface area contributed by atoms with Gasteiger partial charge in [-0.1, -0.05) is 0 Å². The third kappa shape index (κ3) is 4.21. The highest BCUT2D eigenvalue weighted by Gasteiger charge is 2.35. The van der Waals surface area contributed by atoms with Crippen molar-refractivity contribution >= 4 is 10.0 Å². The first-order chi connectivity index (χ1) is 8.11. The minimum atomic E-state index is -3.15. The van der Waals surface area contributed by atoms with Crippen LogP contribution in [0.1, 0.15) is 32.1 Å². The van der Waals surface area contributed by atoms with E-state index < -0.39 is 10.0 Å². The minimum Gasteiger partial charge on any atom is -0.396 e. The molecule has 1 atom stereocenters. The van der Waals surface area contributed by atoms with Crippen LogP contribution in [0.5, 0.6) is 0 Å². The SMILES string of the molecule is O=S(=O)(CCCCO)NC1CCN(C2CC2)C1. The van der Waals surface area contributed by atoms with Crippen molar-refractivity contribution in [3.63, 3.8) is 0 Å². The quantitative estimate of drug-likeness (QED) is 0.629. The molecule has 2 fully saturated rings. The van der Waals surface area contributed by atoms with E-state index >= 15 is 0 Å². The van der Waals surface area contributed by atoms with Crippen LogP contribution in [0.4, 0.5) is 0 Å². The maximum atomic E-state index is 11.7. The Hall–Kier alpha value is -0.170.